The molecule has 1 atom stereocenters. The van der Waals surface area contributed by atoms with Crippen molar-refractivity contribution in [2.75, 3.05) is 13.7 Å². The minimum Gasteiger partial charge on any atom is -0.494 e. The maximum absolute atomic E-state index is 13.5. The zero-order valence-electron chi connectivity index (χ0n) is 9.33. The Hall–Kier alpha value is -0.800. The summed E-state index contributed by atoms with van der Waals surface area (Å²) in [5.74, 6) is 0.0388. The molecule has 1 saturated heterocycles. The lowest BCUT2D eigenvalue weighted by atomic mass is 9.97. The largest absolute Gasteiger partial charge is 0.494 e. The van der Waals surface area contributed by atoms with E-state index in [4.69, 9.17) is 4.74 Å². The highest BCUT2D eigenvalue weighted by Crippen LogP contribution is 2.26. The van der Waals surface area contributed by atoms with Gasteiger partial charge < -0.3 is 10.1 Å². The van der Waals surface area contributed by atoms with Gasteiger partial charge in [-0.2, -0.15) is 0 Å². The fourth-order valence-electron chi connectivity index (χ4n) is 2.04. The second-order valence-electron chi connectivity index (χ2n) is 3.90. The molecule has 0 aromatic heterocycles. The summed E-state index contributed by atoms with van der Waals surface area (Å²) in [4.78, 5) is 0. The third-order valence-electron chi connectivity index (χ3n) is 2.89. The van der Waals surface area contributed by atoms with E-state index < -0.39 is 0 Å². The number of ether oxygens (including phenoxy) is 1. The van der Waals surface area contributed by atoms with Crippen molar-refractivity contribution in [3.63, 3.8) is 0 Å². The second kappa shape index (κ2) is 6.06. The minimum absolute atomic E-state index is 0. The van der Waals surface area contributed by atoms with Crippen LogP contribution in [-0.2, 0) is 0 Å². The van der Waals surface area contributed by atoms with Gasteiger partial charge in [0.05, 0.1) is 7.11 Å². The molecule has 16 heavy (non-hydrogen) atoms. The predicted molar refractivity (Wildman–Crippen MR) is 64.8 cm³/mol. The number of halogens is 2. The summed E-state index contributed by atoms with van der Waals surface area (Å²) in [7, 11) is 1.48. The Morgan fingerprint density at radius 3 is 2.75 bits per heavy atom. The van der Waals surface area contributed by atoms with Crippen molar-refractivity contribution in [2.24, 2.45) is 0 Å². The molecule has 1 aromatic carbocycles. The molecule has 90 valence electrons. The first-order valence-electron chi connectivity index (χ1n) is 5.38. The van der Waals surface area contributed by atoms with E-state index in [1.807, 2.05) is 6.07 Å². The van der Waals surface area contributed by atoms with Crippen molar-refractivity contribution in [1.82, 2.24) is 5.32 Å². The number of piperidine rings is 1. The summed E-state index contributed by atoms with van der Waals surface area (Å²) in [6.45, 7) is 1.03. The molecule has 0 radical (unpaired) electrons. The van der Waals surface area contributed by atoms with E-state index in [-0.39, 0.29) is 18.2 Å². The fraction of sp³-hybridized carbons (Fsp3) is 0.500. The molecule has 1 aromatic rings. The number of nitrogens with one attached hydrogen (secondary N) is 1. The van der Waals surface area contributed by atoms with Crippen LogP contribution in [0.3, 0.4) is 0 Å². The predicted octanol–water partition coefficient (Wildman–Crippen LogP) is 3.07. The van der Waals surface area contributed by atoms with Crippen LogP contribution < -0.4 is 10.1 Å². The molecule has 0 saturated carbocycles. The quantitative estimate of drug-likeness (QED) is 0.865. The summed E-state index contributed by atoms with van der Waals surface area (Å²) in [5.41, 5.74) is 1.02. The number of hydrogen-bond acceptors (Lipinski definition) is 2. The van der Waals surface area contributed by atoms with Crippen molar-refractivity contribution in [3.8, 4) is 5.75 Å². The van der Waals surface area contributed by atoms with Crippen molar-refractivity contribution in [3.05, 3.63) is 29.6 Å². The number of rotatable bonds is 2. The molecule has 2 nitrogen and oxygen atoms in total. The Morgan fingerprint density at radius 1 is 1.38 bits per heavy atom. The SMILES string of the molecule is COc1ccc([C@@H]2CCCCN2)cc1F.Cl. The van der Waals surface area contributed by atoms with Gasteiger partial charge in [-0.15, -0.1) is 12.4 Å². The van der Waals surface area contributed by atoms with Crippen molar-refractivity contribution < 1.29 is 9.13 Å². The standard InChI is InChI=1S/C12H16FNO.ClH/c1-15-12-6-5-9(8-10(12)13)11-4-2-3-7-14-11;/h5-6,8,11,14H,2-4,7H2,1H3;1H/t11-;/m0./s1. The van der Waals surface area contributed by atoms with Gasteiger partial charge >= 0.3 is 0 Å². The Bertz CT molecular complexity index is 340. The van der Waals surface area contributed by atoms with E-state index in [1.54, 1.807) is 12.1 Å². The third kappa shape index (κ3) is 2.86. The Labute approximate surface area is 102 Å². The second-order valence-corrected chi connectivity index (χ2v) is 3.90. The molecule has 0 bridgehead atoms. The first-order chi connectivity index (χ1) is 7.31. The van der Waals surface area contributed by atoms with Crippen molar-refractivity contribution in [2.45, 2.75) is 25.3 Å². The highest BCUT2D eigenvalue weighted by atomic mass is 35.5. The normalized spacial score (nSPS) is 20.0. The topological polar surface area (TPSA) is 21.3 Å². The monoisotopic (exact) mass is 245 g/mol. The van der Waals surface area contributed by atoms with Crippen LogP contribution in [0.2, 0.25) is 0 Å². The summed E-state index contributed by atoms with van der Waals surface area (Å²) in [5, 5.41) is 3.39. The summed E-state index contributed by atoms with van der Waals surface area (Å²) in [6, 6.07) is 5.51. The van der Waals surface area contributed by atoms with Gasteiger partial charge in [-0.1, -0.05) is 12.5 Å². The van der Waals surface area contributed by atoms with E-state index in [2.05, 4.69) is 5.32 Å². The van der Waals surface area contributed by atoms with E-state index in [1.165, 1.54) is 20.0 Å². The van der Waals surface area contributed by atoms with Crippen LogP contribution in [0.1, 0.15) is 30.9 Å². The Morgan fingerprint density at radius 2 is 2.19 bits per heavy atom. The average molecular weight is 246 g/mol. The molecule has 0 spiro atoms. The summed E-state index contributed by atoms with van der Waals surface area (Å²) < 4.78 is 18.3. The lowest BCUT2D eigenvalue weighted by Gasteiger charge is -2.24. The van der Waals surface area contributed by atoms with Crippen LogP contribution in [0.25, 0.3) is 0 Å². The lowest BCUT2D eigenvalue weighted by Crippen LogP contribution is -2.26. The molecule has 0 amide bonds. The molecule has 0 aliphatic carbocycles. The van der Waals surface area contributed by atoms with Crippen LogP contribution in [0.15, 0.2) is 18.2 Å². The van der Waals surface area contributed by atoms with Gasteiger partial charge in [-0.3, -0.25) is 0 Å². The van der Waals surface area contributed by atoms with Gasteiger partial charge in [0.15, 0.2) is 11.6 Å². The van der Waals surface area contributed by atoms with Crippen LogP contribution in [0.5, 0.6) is 5.75 Å². The number of benzene rings is 1. The third-order valence-corrected chi connectivity index (χ3v) is 2.89. The zero-order valence-corrected chi connectivity index (χ0v) is 10.1. The fourth-order valence-corrected chi connectivity index (χ4v) is 2.04. The lowest BCUT2D eigenvalue weighted by molar-refractivity contribution is 0.382. The van der Waals surface area contributed by atoms with Crippen LogP contribution in [0, 0.1) is 5.82 Å². The van der Waals surface area contributed by atoms with Crippen LogP contribution in [0.4, 0.5) is 4.39 Å². The first-order valence-corrected chi connectivity index (χ1v) is 5.38. The van der Waals surface area contributed by atoms with Gasteiger partial charge in [-0.25, -0.2) is 4.39 Å². The highest BCUT2D eigenvalue weighted by Gasteiger charge is 2.16. The highest BCUT2D eigenvalue weighted by molar-refractivity contribution is 5.85. The van der Waals surface area contributed by atoms with Gasteiger partial charge in [0.25, 0.3) is 0 Å². The summed E-state index contributed by atoms with van der Waals surface area (Å²) >= 11 is 0. The van der Waals surface area contributed by atoms with Gasteiger partial charge in [0.2, 0.25) is 0 Å². The molecular formula is C12H17ClFNO. The molecule has 4 heteroatoms. The summed E-state index contributed by atoms with van der Waals surface area (Å²) in [6.07, 6.45) is 3.52. The molecule has 1 aliphatic heterocycles. The molecule has 1 fully saturated rings. The number of hydrogen-bond donors (Lipinski definition) is 1. The number of methoxy groups -OCH3 is 1. The van der Waals surface area contributed by atoms with Crippen LogP contribution >= 0.6 is 12.4 Å². The Balaban J connectivity index is 0.00000128. The van der Waals surface area contributed by atoms with Gasteiger partial charge in [0, 0.05) is 6.04 Å². The smallest absolute Gasteiger partial charge is 0.165 e. The molecule has 0 unspecified atom stereocenters. The van der Waals surface area contributed by atoms with E-state index in [0.717, 1.165) is 18.5 Å². The maximum Gasteiger partial charge on any atom is 0.165 e. The first kappa shape index (κ1) is 13.3. The van der Waals surface area contributed by atoms with Crippen molar-refractivity contribution in [1.29, 1.82) is 0 Å². The molecule has 2 rings (SSSR count). The zero-order chi connectivity index (χ0) is 10.7. The van der Waals surface area contributed by atoms with Gasteiger partial charge in [0.1, 0.15) is 0 Å². The average Bonchev–Trinajstić information content (AvgIpc) is 2.30. The van der Waals surface area contributed by atoms with Crippen molar-refractivity contribution >= 4 is 12.4 Å². The molecule has 1 aliphatic rings. The maximum atomic E-state index is 13.5. The molecule has 1 N–H and O–H groups in total. The molecular weight excluding hydrogens is 229 g/mol. The molecule has 1 heterocycles. The Kier molecular flexibility index (Phi) is 5.03. The van der Waals surface area contributed by atoms with Gasteiger partial charge in [-0.05, 0) is 37.1 Å². The van der Waals surface area contributed by atoms with E-state index >= 15 is 0 Å². The van der Waals surface area contributed by atoms with Crippen LogP contribution in [-0.4, -0.2) is 13.7 Å². The van der Waals surface area contributed by atoms with E-state index in [0.29, 0.717) is 11.8 Å². The minimum atomic E-state index is -0.276. The van der Waals surface area contributed by atoms with E-state index in [9.17, 15) is 4.39 Å².